The van der Waals surface area contributed by atoms with Crippen LogP contribution in [0.3, 0.4) is 0 Å². The van der Waals surface area contributed by atoms with E-state index in [0.29, 0.717) is 5.56 Å². The fourth-order valence-corrected chi connectivity index (χ4v) is 1.79. The zero-order valence-corrected chi connectivity index (χ0v) is 11.7. The van der Waals surface area contributed by atoms with Crippen molar-refractivity contribution in [1.29, 1.82) is 0 Å². The number of carbonyl (C=O) groups is 1. The molecule has 1 amide bonds. The number of benzene rings is 1. The standard InChI is InChI=1S/C15H16F3NO2/c1-10-5-6-13(12(8-10)4-3-7-20)14(21)19-11(2)9-15(16,17)18/h5-6,8,11,20H,7,9H2,1-2H3,(H,19,21). The number of aliphatic hydroxyl groups excluding tert-OH is 1. The van der Waals surface area contributed by atoms with Gasteiger partial charge in [0.2, 0.25) is 0 Å². The van der Waals surface area contributed by atoms with Crippen molar-refractivity contribution in [2.24, 2.45) is 0 Å². The number of aryl methyl sites for hydroxylation is 1. The van der Waals surface area contributed by atoms with E-state index in [-0.39, 0.29) is 12.2 Å². The maximum atomic E-state index is 12.3. The molecule has 0 aliphatic heterocycles. The molecule has 1 aromatic rings. The number of halogens is 3. The highest BCUT2D eigenvalue weighted by Gasteiger charge is 2.30. The first-order valence-electron chi connectivity index (χ1n) is 6.31. The average molecular weight is 299 g/mol. The van der Waals surface area contributed by atoms with Crippen LogP contribution in [0.5, 0.6) is 0 Å². The van der Waals surface area contributed by atoms with Gasteiger partial charge in [0.25, 0.3) is 5.91 Å². The SMILES string of the molecule is Cc1ccc(C(=O)NC(C)CC(F)(F)F)c(C#CCO)c1. The fraction of sp³-hybridized carbons (Fsp3) is 0.400. The summed E-state index contributed by atoms with van der Waals surface area (Å²) in [7, 11) is 0. The Kier molecular flexibility index (Phi) is 5.79. The zero-order valence-electron chi connectivity index (χ0n) is 11.7. The minimum Gasteiger partial charge on any atom is -0.384 e. The molecule has 21 heavy (non-hydrogen) atoms. The van der Waals surface area contributed by atoms with E-state index in [4.69, 9.17) is 5.11 Å². The molecule has 0 radical (unpaired) electrons. The van der Waals surface area contributed by atoms with Crippen LogP contribution in [0.2, 0.25) is 0 Å². The van der Waals surface area contributed by atoms with E-state index in [1.165, 1.54) is 13.0 Å². The van der Waals surface area contributed by atoms with Gasteiger partial charge in [0.1, 0.15) is 6.61 Å². The summed E-state index contributed by atoms with van der Waals surface area (Å²) in [5.41, 5.74) is 1.42. The lowest BCUT2D eigenvalue weighted by molar-refractivity contribution is -0.138. The number of alkyl halides is 3. The van der Waals surface area contributed by atoms with E-state index in [1.807, 2.05) is 0 Å². The van der Waals surface area contributed by atoms with Crippen molar-refractivity contribution < 1.29 is 23.1 Å². The van der Waals surface area contributed by atoms with Crippen molar-refractivity contribution in [3.63, 3.8) is 0 Å². The van der Waals surface area contributed by atoms with Crippen LogP contribution in [-0.4, -0.2) is 29.8 Å². The minimum atomic E-state index is -4.33. The van der Waals surface area contributed by atoms with Crippen molar-refractivity contribution in [1.82, 2.24) is 5.32 Å². The Hall–Kier alpha value is -2.00. The molecule has 0 spiro atoms. The van der Waals surface area contributed by atoms with Gasteiger partial charge in [0.15, 0.2) is 0 Å². The Bertz CT molecular complexity index is 571. The molecular weight excluding hydrogens is 283 g/mol. The molecule has 1 atom stereocenters. The van der Waals surface area contributed by atoms with Gasteiger partial charge in [-0.25, -0.2) is 0 Å². The maximum absolute atomic E-state index is 12.3. The third kappa shape index (κ3) is 5.88. The number of amides is 1. The van der Waals surface area contributed by atoms with Crippen LogP contribution >= 0.6 is 0 Å². The average Bonchev–Trinajstić information content (AvgIpc) is 2.33. The van der Waals surface area contributed by atoms with Gasteiger partial charge in [-0.15, -0.1) is 0 Å². The van der Waals surface area contributed by atoms with Crippen LogP contribution in [0.25, 0.3) is 0 Å². The van der Waals surface area contributed by atoms with Crippen LogP contribution in [0, 0.1) is 18.8 Å². The summed E-state index contributed by atoms with van der Waals surface area (Å²) in [6.45, 7) is 2.73. The summed E-state index contributed by atoms with van der Waals surface area (Å²) in [6, 6.07) is 3.80. The Morgan fingerprint density at radius 1 is 1.43 bits per heavy atom. The minimum absolute atomic E-state index is 0.190. The monoisotopic (exact) mass is 299 g/mol. The van der Waals surface area contributed by atoms with E-state index in [9.17, 15) is 18.0 Å². The van der Waals surface area contributed by atoms with Gasteiger partial charge in [-0.3, -0.25) is 4.79 Å². The van der Waals surface area contributed by atoms with Gasteiger partial charge >= 0.3 is 6.18 Å². The summed E-state index contributed by atoms with van der Waals surface area (Å²) in [5, 5.41) is 11.0. The Labute approximate surface area is 121 Å². The number of carbonyl (C=O) groups excluding carboxylic acids is 1. The first-order chi connectivity index (χ1) is 9.73. The quantitative estimate of drug-likeness (QED) is 0.842. The van der Waals surface area contributed by atoms with Gasteiger partial charge in [-0.2, -0.15) is 13.2 Å². The lowest BCUT2D eigenvalue weighted by atomic mass is 10.0. The molecule has 114 valence electrons. The first kappa shape index (κ1) is 17.1. The van der Waals surface area contributed by atoms with Crippen molar-refractivity contribution in [2.75, 3.05) is 6.61 Å². The van der Waals surface area contributed by atoms with Crippen LogP contribution in [-0.2, 0) is 0 Å². The molecule has 0 aliphatic rings. The van der Waals surface area contributed by atoms with Crippen LogP contribution in [0.15, 0.2) is 18.2 Å². The Morgan fingerprint density at radius 3 is 2.67 bits per heavy atom. The van der Waals surface area contributed by atoms with Gasteiger partial charge < -0.3 is 10.4 Å². The van der Waals surface area contributed by atoms with Gasteiger partial charge in [-0.1, -0.05) is 17.9 Å². The Morgan fingerprint density at radius 2 is 2.10 bits per heavy atom. The summed E-state index contributed by atoms with van der Waals surface area (Å²) in [5.74, 6) is 4.43. The topological polar surface area (TPSA) is 49.3 Å². The molecule has 6 heteroatoms. The van der Waals surface area contributed by atoms with Gasteiger partial charge in [0, 0.05) is 11.6 Å². The second-order valence-electron chi connectivity index (χ2n) is 4.70. The molecule has 0 aromatic heterocycles. The highest BCUT2D eigenvalue weighted by Crippen LogP contribution is 2.21. The van der Waals surface area contributed by atoms with Crippen molar-refractivity contribution in [2.45, 2.75) is 32.5 Å². The number of rotatable bonds is 3. The van der Waals surface area contributed by atoms with E-state index in [0.717, 1.165) is 5.56 Å². The molecule has 3 nitrogen and oxygen atoms in total. The van der Waals surface area contributed by atoms with E-state index < -0.39 is 24.5 Å². The van der Waals surface area contributed by atoms with Crippen molar-refractivity contribution >= 4 is 5.91 Å². The molecule has 2 N–H and O–H groups in total. The number of nitrogens with one attached hydrogen (secondary N) is 1. The van der Waals surface area contributed by atoms with Gasteiger partial charge in [-0.05, 0) is 31.5 Å². The molecule has 0 heterocycles. The number of aliphatic hydroxyl groups is 1. The highest BCUT2D eigenvalue weighted by atomic mass is 19.4. The van der Waals surface area contributed by atoms with Crippen molar-refractivity contribution in [3.05, 3.63) is 34.9 Å². The van der Waals surface area contributed by atoms with Crippen molar-refractivity contribution in [3.8, 4) is 11.8 Å². The lowest BCUT2D eigenvalue weighted by Gasteiger charge is -2.16. The number of hydrogen-bond acceptors (Lipinski definition) is 2. The molecule has 0 bridgehead atoms. The van der Waals surface area contributed by atoms with E-state index >= 15 is 0 Å². The van der Waals surface area contributed by atoms with Crippen LogP contribution < -0.4 is 5.32 Å². The maximum Gasteiger partial charge on any atom is 0.391 e. The predicted molar refractivity (Wildman–Crippen MR) is 72.7 cm³/mol. The molecular formula is C15H16F3NO2. The summed E-state index contributed by atoms with van der Waals surface area (Å²) in [4.78, 5) is 12.0. The normalized spacial score (nSPS) is 12.3. The van der Waals surface area contributed by atoms with E-state index in [1.54, 1.807) is 19.1 Å². The second-order valence-corrected chi connectivity index (χ2v) is 4.70. The van der Waals surface area contributed by atoms with E-state index in [2.05, 4.69) is 17.2 Å². The summed E-state index contributed by atoms with van der Waals surface area (Å²) >= 11 is 0. The fourth-order valence-electron chi connectivity index (χ4n) is 1.79. The largest absolute Gasteiger partial charge is 0.391 e. The molecule has 0 aliphatic carbocycles. The molecule has 1 rings (SSSR count). The first-order valence-corrected chi connectivity index (χ1v) is 6.31. The molecule has 1 unspecified atom stereocenters. The third-order valence-electron chi connectivity index (χ3n) is 2.64. The summed E-state index contributed by atoms with van der Waals surface area (Å²) in [6.07, 6.45) is -5.43. The number of hydrogen-bond donors (Lipinski definition) is 2. The zero-order chi connectivity index (χ0) is 16.0. The smallest absolute Gasteiger partial charge is 0.384 e. The van der Waals surface area contributed by atoms with Gasteiger partial charge in [0.05, 0.1) is 12.0 Å². The third-order valence-corrected chi connectivity index (χ3v) is 2.64. The molecule has 0 fully saturated rings. The van der Waals surface area contributed by atoms with Crippen LogP contribution in [0.4, 0.5) is 13.2 Å². The van der Waals surface area contributed by atoms with Crippen LogP contribution in [0.1, 0.15) is 34.8 Å². The Balaban J connectivity index is 2.92. The predicted octanol–water partition coefficient (Wildman–Crippen LogP) is 2.41. The molecule has 1 aromatic carbocycles. The lowest BCUT2D eigenvalue weighted by Crippen LogP contribution is -2.36. The second kappa shape index (κ2) is 7.14. The summed E-state index contributed by atoms with van der Waals surface area (Å²) < 4.78 is 36.8. The molecule has 0 saturated heterocycles. The highest BCUT2D eigenvalue weighted by molar-refractivity contribution is 5.97. The molecule has 0 saturated carbocycles.